The summed E-state index contributed by atoms with van der Waals surface area (Å²) < 4.78 is 5.43. The minimum absolute atomic E-state index is 0.0357. The van der Waals surface area contributed by atoms with Crippen molar-refractivity contribution in [3.63, 3.8) is 0 Å². The number of thioether (sulfide) groups is 1. The highest BCUT2D eigenvalue weighted by molar-refractivity contribution is 7.99. The van der Waals surface area contributed by atoms with Gasteiger partial charge in [-0.1, -0.05) is 12.1 Å². The number of rotatable bonds is 3. The highest BCUT2D eigenvalue weighted by atomic mass is 32.2. The number of para-hydroxylation sites is 2. The van der Waals surface area contributed by atoms with Crippen LogP contribution >= 0.6 is 11.8 Å². The first kappa shape index (κ1) is 12.1. The molecular weight excluding hydrogens is 236 g/mol. The van der Waals surface area contributed by atoms with Crippen molar-refractivity contribution in [1.82, 2.24) is 4.90 Å². The van der Waals surface area contributed by atoms with Crippen LogP contribution in [0.2, 0.25) is 0 Å². The number of hydrogen-bond donors (Lipinski definition) is 1. The zero-order valence-corrected chi connectivity index (χ0v) is 10.4. The maximum atomic E-state index is 11.8. The van der Waals surface area contributed by atoms with Crippen LogP contribution in [-0.4, -0.2) is 42.0 Å². The van der Waals surface area contributed by atoms with E-state index in [0.29, 0.717) is 11.4 Å². The molecular formula is C12H16N2O2S. The topological polar surface area (TPSA) is 55.6 Å². The zero-order chi connectivity index (χ0) is 12.1. The van der Waals surface area contributed by atoms with E-state index in [0.717, 1.165) is 24.6 Å². The van der Waals surface area contributed by atoms with Crippen molar-refractivity contribution in [2.45, 2.75) is 0 Å². The van der Waals surface area contributed by atoms with Crippen LogP contribution in [0.1, 0.15) is 0 Å². The molecule has 2 rings (SSSR count). The Morgan fingerprint density at radius 1 is 1.35 bits per heavy atom. The van der Waals surface area contributed by atoms with Crippen molar-refractivity contribution >= 4 is 23.4 Å². The van der Waals surface area contributed by atoms with Crippen LogP contribution in [0, 0.1) is 0 Å². The Bertz CT molecular complexity index is 392. The second-order valence-corrected chi connectivity index (χ2v) is 5.04. The molecule has 0 radical (unpaired) electrons. The number of benzene rings is 1. The summed E-state index contributed by atoms with van der Waals surface area (Å²) in [7, 11) is 0. The van der Waals surface area contributed by atoms with E-state index in [2.05, 4.69) is 0 Å². The molecule has 1 aliphatic rings. The molecule has 0 unspecified atom stereocenters. The van der Waals surface area contributed by atoms with Crippen LogP contribution in [0.25, 0.3) is 0 Å². The molecule has 1 fully saturated rings. The van der Waals surface area contributed by atoms with Gasteiger partial charge in [-0.2, -0.15) is 11.8 Å². The molecule has 4 nitrogen and oxygen atoms in total. The van der Waals surface area contributed by atoms with Gasteiger partial charge in [-0.3, -0.25) is 4.79 Å². The molecule has 1 heterocycles. The van der Waals surface area contributed by atoms with Gasteiger partial charge < -0.3 is 15.4 Å². The molecule has 2 N–H and O–H groups in total. The third-order valence-corrected chi connectivity index (χ3v) is 3.58. The summed E-state index contributed by atoms with van der Waals surface area (Å²) in [4.78, 5) is 13.7. The molecule has 5 heteroatoms. The Hall–Kier alpha value is -1.36. The van der Waals surface area contributed by atoms with Crippen LogP contribution in [0.5, 0.6) is 5.75 Å². The average molecular weight is 252 g/mol. The molecule has 1 amide bonds. The van der Waals surface area contributed by atoms with E-state index < -0.39 is 0 Å². The van der Waals surface area contributed by atoms with Gasteiger partial charge in [0.1, 0.15) is 5.75 Å². The van der Waals surface area contributed by atoms with E-state index in [1.807, 2.05) is 28.8 Å². The maximum Gasteiger partial charge on any atom is 0.260 e. The van der Waals surface area contributed by atoms with Crippen molar-refractivity contribution in [3.8, 4) is 5.75 Å². The van der Waals surface area contributed by atoms with Crippen LogP contribution in [-0.2, 0) is 4.79 Å². The highest BCUT2D eigenvalue weighted by Gasteiger charge is 2.17. The summed E-state index contributed by atoms with van der Waals surface area (Å²) in [6.07, 6.45) is 0. The molecule has 92 valence electrons. The number of hydrogen-bond acceptors (Lipinski definition) is 4. The fraction of sp³-hybridized carbons (Fsp3) is 0.417. The highest BCUT2D eigenvalue weighted by Crippen LogP contribution is 2.19. The molecule has 0 spiro atoms. The van der Waals surface area contributed by atoms with Crippen LogP contribution in [0.3, 0.4) is 0 Å². The lowest BCUT2D eigenvalue weighted by atomic mass is 10.3. The van der Waals surface area contributed by atoms with Crippen molar-refractivity contribution in [2.75, 3.05) is 36.9 Å². The molecule has 0 bridgehead atoms. The van der Waals surface area contributed by atoms with E-state index in [1.165, 1.54) is 0 Å². The number of carbonyl (C=O) groups excluding carboxylic acids is 1. The monoisotopic (exact) mass is 252 g/mol. The Kier molecular flexibility index (Phi) is 4.14. The van der Waals surface area contributed by atoms with Gasteiger partial charge in [-0.25, -0.2) is 0 Å². The van der Waals surface area contributed by atoms with E-state index in [-0.39, 0.29) is 12.5 Å². The lowest BCUT2D eigenvalue weighted by Crippen LogP contribution is -2.40. The van der Waals surface area contributed by atoms with Crippen LogP contribution in [0.15, 0.2) is 24.3 Å². The van der Waals surface area contributed by atoms with E-state index in [9.17, 15) is 4.79 Å². The lowest BCUT2D eigenvalue weighted by Gasteiger charge is -2.26. The second-order valence-electron chi connectivity index (χ2n) is 3.82. The maximum absolute atomic E-state index is 11.8. The standard InChI is InChI=1S/C12H16N2O2S/c13-10-3-1-2-4-11(10)16-9-12(15)14-5-7-17-8-6-14/h1-4H,5-9,13H2. The summed E-state index contributed by atoms with van der Waals surface area (Å²) in [5.41, 5.74) is 6.30. The summed E-state index contributed by atoms with van der Waals surface area (Å²) in [5, 5.41) is 0. The Morgan fingerprint density at radius 3 is 2.76 bits per heavy atom. The molecule has 0 atom stereocenters. The smallest absolute Gasteiger partial charge is 0.260 e. The van der Waals surface area contributed by atoms with Gasteiger partial charge in [0.05, 0.1) is 5.69 Å². The molecule has 17 heavy (non-hydrogen) atoms. The number of nitrogens with two attached hydrogens (primary N) is 1. The predicted molar refractivity (Wildman–Crippen MR) is 70.3 cm³/mol. The Balaban J connectivity index is 1.85. The van der Waals surface area contributed by atoms with Crippen molar-refractivity contribution in [3.05, 3.63) is 24.3 Å². The van der Waals surface area contributed by atoms with E-state index in [1.54, 1.807) is 12.1 Å². The van der Waals surface area contributed by atoms with Gasteiger partial charge in [0.25, 0.3) is 5.91 Å². The normalized spacial score (nSPS) is 15.6. The summed E-state index contributed by atoms with van der Waals surface area (Å²) >= 11 is 1.88. The quantitative estimate of drug-likeness (QED) is 0.822. The molecule has 1 saturated heterocycles. The van der Waals surface area contributed by atoms with Crippen molar-refractivity contribution < 1.29 is 9.53 Å². The van der Waals surface area contributed by atoms with E-state index >= 15 is 0 Å². The van der Waals surface area contributed by atoms with Crippen LogP contribution in [0.4, 0.5) is 5.69 Å². The van der Waals surface area contributed by atoms with Gasteiger partial charge in [0, 0.05) is 24.6 Å². The van der Waals surface area contributed by atoms with Gasteiger partial charge in [-0.15, -0.1) is 0 Å². The van der Waals surface area contributed by atoms with Crippen molar-refractivity contribution in [2.24, 2.45) is 0 Å². The predicted octanol–water partition coefficient (Wildman–Crippen LogP) is 1.22. The first-order chi connectivity index (χ1) is 8.27. The summed E-state index contributed by atoms with van der Waals surface area (Å²) in [5.74, 6) is 2.64. The zero-order valence-electron chi connectivity index (χ0n) is 9.59. The van der Waals surface area contributed by atoms with Crippen LogP contribution < -0.4 is 10.5 Å². The largest absolute Gasteiger partial charge is 0.482 e. The molecule has 1 aliphatic heterocycles. The van der Waals surface area contributed by atoms with Gasteiger partial charge >= 0.3 is 0 Å². The van der Waals surface area contributed by atoms with Crippen molar-refractivity contribution in [1.29, 1.82) is 0 Å². The summed E-state index contributed by atoms with van der Waals surface area (Å²) in [6.45, 7) is 1.70. The Morgan fingerprint density at radius 2 is 2.06 bits per heavy atom. The molecule has 0 saturated carbocycles. The van der Waals surface area contributed by atoms with E-state index in [4.69, 9.17) is 10.5 Å². The fourth-order valence-corrected chi connectivity index (χ4v) is 2.56. The molecule has 1 aromatic rings. The second kappa shape index (κ2) is 5.82. The summed E-state index contributed by atoms with van der Waals surface area (Å²) in [6, 6.07) is 7.21. The number of carbonyl (C=O) groups is 1. The number of nitrogen functional groups attached to an aromatic ring is 1. The molecule has 0 aromatic heterocycles. The average Bonchev–Trinajstić information content (AvgIpc) is 2.38. The molecule has 1 aromatic carbocycles. The van der Waals surface area contributed by atoms with Gasteiger partial charge in [0.15, 0.2) is 6.61 Å². The fourth-order valence-electron chi connectivity index (χ4n) is 1.66. The lowest BCUT2D eigenvalue weighted by molar-refractivity contribution is -0.132. The number of ether oxygens (including phenoxy) is 1. The number of anilines is 1. The van der Waals surface area contributed by atoms with Gasteiger partial charge in [0.2, 0.25) is 0 Å². The minimum atomic E-state index is 0.0357. The first-order valence-electron chi connectivity index (χ1n) is 5.60. The SMILES string of the molecule is Nc1ccccc1OCC(=O)N1CCSCC1. The number of nitrogens with zero attached hydrogens (tertiary/aromatic N) is 1. The Labute approximate surface area is 105 Å². The first-order valence-corrected chi connectivity index (χ1v) is 6.75. The minimum Gasteiger partial charge on any atom is -0.482 e. The number of amides is 1. The third kappa shape index (κ3) is 3.30. The van der Waals surface area contributed by atoms with Gasteiger partial charge in [-0.05, 0) is 12.1 Å². The third-order valence-electron chi connectivity index (χ3n) is 2.63. The molecule has 0 aliphatic carbocycles.